The first kappa shape index (κ1) is 32.3. The van der Waals surface area contributed by atoms with Crippen LogP contribution < -0.4 is 0 Å². The fraction of sp³-hybridized carbons (Fsp3) is 0.560. The average molecular weight is 586 g/mol. The number of hydrogen-bond acceptors (Lipinski definition) is 5. The molecule has 0 radical (unpaired) electrons. The Bertz CT molecular complexity index is 1120. The minimum absolute atomic E-state index is 0.111. The SMILES string of the molecule is CCC1(C(=O)O)C=C(C)C(C(=O)N2CCC(O)(C(F)(F)F)CC2)=C(C(=O)O)C1.FC(F)(F)CCc1cccs1. The second kappa shape index (κ2) is 12.1. The van der Waals surface area contributed by atoms with E-state index in [9.17, 15) is 56.0 Å². The number of likely N-dealkylation sites (tertiary alicyclic amines) is 1. The maximum absolute atomic E-state index is 12.9. The van der Waals surface area contributed by atoms with E-state index < -0.39 is 80.0 Å². The van der Waals surface area contributed by atoms with Gasteiger partial charge in [0.2, 0.25) is 0 Å². The maximum atomic E-state index is 12.9. The zero-order valence-electron chi connectivity index (χ0n) is 21.2. The Hall–Kier alpha value is -2.87. The summed E-state index contributed by atoms with van der Waals surface area (Å²) in [7, 11) is 0. The predicted octanol–water partition coefficient (Wildman–Crippen LogP) is 5.36. The normalized spacial score (nSPS) is 21.6. The Morgan fingerprint density at radius 2 is 1.67 bits per heavy atom. The molecule has 7 nitrogen and oxygen atoms in total. The molecule has 1 aromatic rings. The van der Waals surface area contributed by atoms with E-state index in [-0.39, 0.29) is 29.6 Å². The number of hydrogen-bond donors (Lipinski definition) is 3. The highest BCUT2D eigenvalue weighted by Gasteiger charge is 2.55. The van der Waals surface area contributed by atoms with Crippen molar-refractivity contribution in [3.63, 3.8) is 0 Å². The van der Waals surface area contributed by atoms with Crippen LogP contribution in [0.15, 0.2) is 40.3 Å². The lowest BCUT2D eigenvalue weighted by Gasteiger charge is -2.40. The molecular formula is C25H29F6NO6S. The van der Waals surface area contributed by atoms with E-state index in [1.54, 1.807) is 24.4 Å². The quantitative estimate of drug-likeness (QED) is 0.388. The summed E-state index contributed by atoms with van der Waals surface area (Å²) >= 11 is 1.36. The van der Waals surface area contributed by atoms with Crippen LogP contribution in [0.1, 0.15) is 50.8 Å². The highest BCUT2D eigenvalue weighted by Crippen LogP contribution is 2.43. The van der Waals surface area contributed by atoms with Crippen molar-refractivity contribution in [1.29, 1.82) is 0 Å². The number of nitrogens with zero attached hydrogens (tertiary/aromatic N) is 1. The highest BCUT2D eigenvalue weighted by molar-refractivity contribution is 7.09. The van der Waals surface area contributed by atoms with Gasteiger partial charge in [-0.05, 0) is 43.2 Å². The molecule has 3 rings (SSSR count). The van der Waals surface area contributed by atoms with E-state index in [4.69, 9.17) is 0 Å². The van der Waals surface area contributed by atoms with E-state index in [1.165, 1.54) is 24.3 Å². The number of amides is 1. The van der Waals surface area contributed by atoms with Gasteiger partial charge in [-0.1, -0.05) is 19.1 Å². The third-order valence-corrected chi connectivity index (χ3v) is 7.79. The number of aliphatic hydroxyl groups is 1. The minimum Gasteiger partial charge on any atom is -0.481 e. The van der Waals surface area contributed by atoms with Gasteiger partial charge in [-0.2, -0.15) is 26.3 Å². The Balaban J connectivity index is 0.000000404. The number of thiophene rings is 1. The van der Waals surface area contributed by atoms with Crippen molar-refractivity contribution in [3.05, 3.63) is 45.2 Å². The molecule has 2 heterocycles. The molecule has 0 spiro atoms. The van der Waals surface area contributed by atoms with Crippen LogP contribution in [0.5, 0.6) is 0 Å². The molecule has 1 aromatic heterocycles. The molecule has 2 aliphatic rings. The Morgan fingerprint density at radius 1 is 1.08 bits per heavy atom. The number of aliphatic carboxylic acids is 2. The highest BCUT2D eigenvalue weighted by atomic mass is 32.1. The fourth-order valence-electron chi connectivity index (χ4n) is 4.42. The summed E-state index contributed by atoms with van der Waals surface area (Å²) in [5.74, 6) is -3.43. The topological polar surface area (TPSA) is 115 Å². The van der Waals surface area contributed by atoms with E-state index in [0.29, 0.717) is 0 Å². The molecular weight excluding hydrogens is 556 g/mol. The summed E-state index contributed by atoms with van der Waals surface area (Å²) in [6, 6.07) is 3.48. The first-order valence-electron chi connectivity index (χ1n) is 11.9. The monoisotopic (exact) mass is 585 g/mol. The van der Waals surface area contributed by atoms with Crippen LogP contribution >= 0.6 is 11.3 Å². The lowest BCUT2D eigenvalue weighted by molar-refractivity contribution is -0.271. The first-order valence-corrected chi connectivity index (χ1v) is 12.8. The molecule has 1 saturated heterocycles. The molecule has 0 bridgehead atoms. The summed E-state index contributed by atoms with van der Waals surface area (Å²) in [5, 5.41) is 30.6. The van der Waals surface area contributed by atoms with Crippen molar-refractivity contribution < 1.29 is 56.0 Å². The largest absolute Gasteiger partial charge is 0.481 e. The molecule has 1 unspecified atom stereocenters. The van der Waals surface area contributed by atoms with Crippen LogP contribution in [0.25, 0.3) is 0 Å². The van der Waals surface area contributed by atoms with Crippen molar-refractivity contribution >= 4 is 29.2 Å². The minimum atomic E-state index is -4.82. The van der Waals surface area contributed by atoms with E-state index in [2.05, 4.69) is 0 Å². The molecule has 0 aromatic carbocycles. The summed E-state index contributed by atoms with van der Waals surface area (Å²) < 4.78 is 73.8. The molecule has 218 valence electrons. The summed E-state index contributed by atoms with van der Waals surface area (Å²) in [4.78, 5) is 38.1. The van der Waals surface area contributed by atoms with Gasteiger partial charge in [0.05, 0.1) is 16.6 Å². The molecule has 1 fully saturated rings. The maximum Gasteiger partial charge on any atom is 0.417 e. The number of carbonyl (C=O) groups excluding carboxylic acids is 1. The molecule has 1 aliphatic heterocycles. The second-order valence-electron chi connectivity index (χ2n) is 9.49. The molecule has 0 saturated carbocycles. The van der Waals surface area contributed by atoms with Crippen LogP contribution in [0, 0.1) is 5.41 Å². The molecule has 1 aliphatic carbocycles. The van der Waals surface area contributed by atoms with Crippen LogP contribution in [0.3, 0.4) is 0 Å². The van der Waals surface area contributed by atoms with Gasteiger partial charge in [-0.25, -0.2) is 4.79 Å². The molecule has 39 heavy (non-hydrogen) atoms. The number of carboxylic acid groups (broad SMARTS) is 2. The fourth-order valence-corrected chi connectivity index (χ4v) is 5.13. The van der Waals surface area contributed by atoms with Crippen molar-refractivity contribution in [2.75, 3.05) is 13.1 Å². The molecule has 14 heteroatoms. The first-order chi connectivity index (χ1) is 17.9. The van der Waals surface area contributed by atoms with E-state index >= 15 is 0 Å². The number of halogens is 6. The third-order valence-electron chi connectivity index (χ3n) is 6.85. The number of carboxylic acids is 2. The Labute approximate surface area is 224 Å². The Kier molecular flexibility index (Phi) is 10.0. The lowest BCUT2D eigenvalue weighted by atomic mass is 9.71. The van der Waals surface area contributed by atoms with Crippen LogP contribution in [0.2, 0.25) is 0 Å². The Morgan fingerprint density at radius 3 is 2.08 bits per heavy atom. The summed E-state index contributed by atoms with van der Waals surface area (Å²) in [6.07, 6.45) is -9.82. The molecule has 1 amide bonds. The second-order valence-corrected chi connectivity index (χ2v) is 10.5. The van der Waals surface area contributed by atoms with E-state index in [0.717, 1.165) is 9.78 Å². The number of aryl methyl sites for hydroxylation is 1. The number of piperidine rings is 1. The molecule has 3 N–H and O–H groups in total. The smallest absolute Gasteiger partial charge is 0.417 e. The summed E-state index contributed by atoms with van der Waals surface area (Å²) in [5.41, 5.74) is -4.75. The third kappa shape index (κ3) is 7.84. The van der Waals surface area contributed by atoms with Gasteiger partial charge in [-0.3, -0.25) is 9.59 Å². The average Bonchev–Trinajstić information content (AvgIpc) is 3.35. The van der Waals surface area contributed by atoms with Crippen molar-refractivity contribution in [2.24, 2.45) is 5.41 Å². The van der Waals surface area contributed by atoms with Crippen LogP contribution in [-0.4, -0.2) is 69.1 Å². The van der Waals surface area contributed by atoms with E-state index in [1.807, 2.05) is 0 Å². The van der Waals surface area contributed by atoms with Gasteiger partial charge < -0.3 is 20.2 Å². The predicted molar refractivity (Wildman–Crippen MR) is 129 cm³/mol. The van der Waals surface area contributed by atoms with Gasteiger partial charge in [-0.15, -0.1) is 11.3 Å². The standard InChI is InChI=1S/C18H22F3NO6.C7H7F3S/c1-3-16(15(26)27)8-10(2)12(11(9-16)14(24)25)13(23)22-6-4-17(28,5-7-22)18(19,20)21;8-7(9,10)4-3-6-2-1-5-11-6/h8,28H,3-7,9H2,1-2H3,(H,24,25)(H,26,27);1-2,5H,3-4H2. The van der Waals surface area contributed by atoms with Gasteiger partial charge in [0, 0.05) is 37.2 Å². The number of carbonyl (C=O) groups is 3. The zero-order chi connectivity index (χ0) is 29.8. The van der Waals surface area contributed by atoms with Gasteiger partial charge in [0.15, 0.2) is 5.60 Å². The van der Waals surface area contributed by atoms with Crippen LogP contribution in [0.4, 0.5) is 26.3 Å². The molecule has 1 atom stereocenters. The van der Waals surface area contributed by atoms with Gasteiger partial charge in [0.25, 0.3) is 5.91 Å². The summed E-state index contributed by atoms with van der Waals surface area (Å²) in [6.45, 7) is 2.22. The van der Waals surface area contributed by atoms with Gasteiger partial charge >= 0.3 is 24.3 Å². The zero-order valence-corrected chi connectivity index (χ0v) is 22.0. The van der Waals surface area contributed by atoms with Crippen molar-refractivity contribution in [3.8, 4) is 0 Å². The van der Waals surface area contributed by atoms with Crippen LogP contribution in [-0.2, 0) is 20.8 Å². The van der Waals surface area contributed by atoms with Crippen molar-refractivity contribution in [2.45, 2.75) is 70.3 Å². The van der Waals surface area contributed by atoms with Gasteiger partial charge in [0.1, 0.15) is 0 Å². The van der Waals surface area contributed by atoms with Crippen molar-refractivity contribution in [1.82, 2.24) is 4.90 Å². The number of alkyl halides is 6. The lowest BCUT2D eigenvalue weighted by Crippen LogP contribution is -2.54. The number of rotatable bonds is 6.